The van der Waals surface area contributed by atoms with E-state index in [2.05, 4.69) is 4.98 Å². The number of benzene rings is 3. The highest BCUT2D eigenvalue weighted by atomic mass is 32.2. The summed E-state index contributed by atoms with van der Waals surface area (Å²) in [6.45, 7) is 0. The number of fused-ring (bicyclic) bond motifs is 1. The van der Waals surface area contributed by atoms with Crippen molar-refractivity contribution in [1.82, 2.24) is 8.96 Å². The van der Waals surface area contributed by atoms with E-state index in [-0.39, 0.29) is 4.90 Å². The van der Waals surface area contributed by atoms with Gasteiger partial charge in [0.1, 0.15) is 17.3 Å². The number of nitrogens with zero attached hydrogens (tertiary/aromatic N) is 2. The van der Waals surface area contributed by atoms with Crippen LogP contribution in [0.3, 0.4) is 0 Å². The molecule has 0 saturated heterocycles. The van der Waals surface area contributed by atoms with Crippen LogP contribution in [0.4, 0.5) is 0 Å². The fraction of sp³-hybridized carbons (Fsp3) is 0.136. The van der Waals surface area contributed by atoms with Gasteiger partial charge in [-0.2, -0.15) is 0 Å². The summed E-state index contributed by atoms with van der Waals surface area (Å²) >= 11 is 0. The first-order valence-corrected chi connectivity index (χ1v) is 10.5. The predicted octanol–water partition coefficient (Wildman–Crippen LogP) is 3.88. The third-order valence-electron chi connectivity index (χ3n) is 4.70. The lowest BCUT2D eigenvalue weighted by Gasteiger charge is -2.11. The van der Waals surface area contributed by atoms with E-state index in [9.17, 15) is 8.42 Å². The molecule has 0 aliphatic carbocycles. The minimum absolute atomic E-state index is 0.178. The summed E-state index contributed by atoms with van der Waals surface area (Å²) in [4.78, 5) is 4.78. The fourth-order valence-corrected chi connectivity index (χ4v) is 4.70. The van der Waals surface area contributed by atoms with E-state index in [1.165, 1.54) is 3.97 Å². The molecule has 0 fully saturated rings. The van der Waals surface area contributed by atoms with Crippen molar-refractivity contribution in [3.8, 4) is 11.5 Å². The van der Waals surface area contributed by atoms with Gasteiger partial charge in [0.15, 0.2) is 0 Å². The number of rotatable bonds is 6. The molecule has 148 valence electrons. The van der Waals surface area contributed by atoms with Gasteiger partial charge in [0.2, 0.25) is 0 Å². The van der Waals surface area contributed by atoms with Gasteiger partial charge in [-0.15, -0.1) is 0 Å². The number of para-hydroxylation sites is 2. The Morgan fingerprint density at radius 2 is 1.41 bits per heavy atom. The Labute approximate surface area is 169 Å². The topological polar surface area (TPSA) is 70.4 Å². The molecule has 4 rings (SSSR count). The zero-order valence-corrected chi connectivity index (χ0v) is 16.9. The van der Waals surface area contributed by atoms with Crippen LogP contribution in [-0.2, 0) is 16.4 Å². The average Bonchev–Trinajstić information content (AvgIpc) is 3.13. The molecule has 0 aliphatic rings. The molecule has 0 amide bonds. The summed E-state index contributed by atoms with van der Waals surface area (Å²) in [6.07, 6.45) is 0.369. The monoisotopic (exact) mass is 408 g/mol. The second-order valence-corrected chi connectivity index (χ2v) is 8.27. The standard InChI is InChI=1S/C22H20N2O4S/c1-27-17-9-7-16(8-10-17)15-22-23-20-5-3-4-6-21(20)24(22)29(25,26)19-13-11-18(28-2)12-14-19/h3-14H,15H2,1-2H3. The van der Waals surface area contributed by atoms with Crippen LogP contribution in [0.25, 0.3) is 11.0 Å². The SMILES string of the molecule is COc1ccc(Cc2nc3ccccc3n2S(=O)(=O)c2ccc(OC)cc2)cc1. The quantitative estimate of drug-likeness (QED) is 0.484. The highest BCUT2D eigenvalue weighted by Crippen LogP contribution is 2.26. The second kappa shape index (κ2) is 7.60. The molecular formula is C22H20N2O4S. The second-order valence-electron chi connectivity index (χ2n) is 6.49. The van der Waals surface area contributed by atoms with Crippen molar-refractivity contribution in [2.75, 3.05) is 14.2 Å². The molecule has 29 heavy (non-hydrogen) atoms. The molecule has 0 N–H and O–H groups in total. The van der Waals surface area contributed by atoms with Crippen LogP contribution in [0.15, 0.2) is 77.7 Å². The summed E-state index contributed by atoms with van der Waals surface area (Å²) in [5.41, 5.74) is 2.12. The Morgan fingerprint density at radius 1 is 0.828 bits per heavy atom. The predicted molar refractivity (Wildman–Crippen MR) is 111 cm³/mol. The van der Waals surface area contributed by atoms with E-state index in [1.54, 1.807) is 50.6 Å². The van der Waals surface area contributed by atoms with Gasteiger partial charge in [-0.05, 0) is 54.1 Å². The van der Waals surface area contributed by atoms with Gasteiger partial charge in [0.05, 0.1) is 30.1 Å². The van der Waals surface area contributed by atoms with Crippen molar-refractivity contribution in [1.29, 1.82) is 0 Å². The van der Waals surface area contributed by atoms with Crippen molar-refractivity contribution >= 4 is 21.1 Å². The summed E-state index contributed by atoms with van der Waals surface area (Å²) in [7, 11) is -0.688. The minimum Gasteiger partial charge on any atom is -0.497 e. The lowest BCUT2D eigenvalue weighted by atomic mass is 10.1. The largest absolute Gasteiger partial charge is 0.497 e. The van der Waals surface area contributed by atoms with Crippen molar-refractivity contribution in [3.05, 3.63) is 84.2 Å². The van der Waals surface area contributed by atoms with Crippen molar-refractivity contribution in [3.63, 3.8) is 0 Å². The van der Waals surface area contributed by atoms with Crippen molar-refractivity contribution in [2.45, 2.75) is 11.3 Å². The van der Waals surface area contributed by atoms with Gasteiger partial charge in [-0.1, -0.05) is 24.3 Å². The van der Waals surface area contributed by atoms with Crippen LogP contribution in [0.2, 0.25) is 0 Å². The molecular weight excluding hydrogens is 388 g/mol. The molecule has 1 heterocycles. The number of aromatic nitrogens is 2. The van der Waals surface area contributed by atoms with E-state index in [0.29, 0.717) is 29.0 Å². The number of ether oxygens (including phenoxy) is 2. The lowest BCUT2D eigenvalue weighted by Crippen LogP contribution is -2.16. The molecule has 0 atom stereocenters. The van der Waals surface area contributed by atoms with Gasteiger partial charge in [-0.25, -0.2) is 17.4 Å². The molecule has 0 radical (unpaired) electrons. The molecule has 6 nitrogen and oxygen atoms in total. The third-order valence-corrected chi connectivity index (χ3v) is 6.46. The molecule has 4 aromatic rings. The molecule has 0 spiro atoms. The zero-order chi connectivity index (χ0) is 20.4. The van der Waals surface area contributed by atoms with E-state index in [1.807, 2.05) is 36.4 Å². The van der Waals surface area contributed by atoms with Crippen LogP contribution < -0.4 is 9.47 Å². The first kappa shape index (κ1) is 19.0. The number of methoxy groups -OCH3 is 2. The van der Waals surface area contributed by atoms with Gasteiger partial charge in [0, 0.05) is 6.42 Å². The first-order valence-electron chi connectivity index (χ1n) is 9.02. The normalized spacial score (nSPS) is 11.5. The Morgan fingerprint density at radius 3 is 2.03 bits per heavy atom. The van der Waals surface area contributed by atoms with Gasteiger partial charge < -0.3 is 9.47 Å². The molecule has 0 bridgehead atoms. The molecule has 0 aliphatic heterocycles. The average molecular weight is 408 g/mol. The summed E-state index contributed by atoms with van der Waals surface area (Å²) in [5, 5.41) is 0. The van der Waals surface area contributed by atoms with E-state index < -0.39 is 10.0 Å². The highest BCUT2D eigenvalue weighted by Gasteiger charge is 2.24. The summed E-state index contributed by atoms with van der Waals surface area (Å²) < 4.78 is 38.6. The highest BCUT2D eigenvalue weighted by molar-refractivity contribution is 7.90. The van der Waals surface area contributed by atoms with E-state index >= 15 is 0 Å². The lowest BCUT2D eigenvalue weighted by molar-refractivity contribution is 0.414. The van der Waals surface area contributed by atoms with Gasteiger partial charge in [0.25, 0.3) is 10.0 Å². The minimum atomic E-state index is -3.84. The molecule has 7 heteroatoms. The van der Waals surface area contributed by atoms with Crippen LogP contribution in [0, 0.1) is 0 Å². The van der Waals surface area contributed by atoms with E-state index in [4.69, 9.17) is 9.47 Å². The third kappa shape index (κ3) is 3.56. The van der Waals surface area contributed by atoms with Crippen molar-refractivity contribution < 1.29 is 17.9 Å². The Balaban J connectivity index is 1.84. The van der Waals surface area contributed by atoms with Gasteiger partial charge >= 0.3 is 0 Å². The maximum absolute atomic E-state index is 13.5. The number of hydrogen-bond donors (Lipinski definition) is 0. The number of imidazole rings is 1. The van der Waals surface area contributed by atoms with Crippen LogP contribution in [0.1, 0.15) is 11.4 Å². The Kier molecular flexibility index (Phi) is 4.98. The van der Waals surface area contributed by atoms with Crippen LogP contribution >= 0.6 is 0 Å². The zero-order valence-electron chi connectivity index (χ0n) is 16.1. The summed E-state index contributed by atoms with van der Waals surface area (Å²) in [5.74, 6) is 1.79. The van der Waals surface area contributed by atoms with Crippen LogP contribution in [-0.4, -0.2) is 31.6 Å². The first-order chi connectivity index (χ1) is 14.0. The van der Waals surface area contributed by atoms with Gasteiger partial charge in [-0.3, -0.25) is 0 Å². The number of hydrogen-bond acceptors (Lipinski definition) is 5. The fourth-order valence-electron chi connectivity index (χ4n) is 3.21. The molecule has 0 saturated carbocycles. The maximum Gasteiger partial charge on any atom is 0.269 e. The molecule has 3 aromatic carbocycles. The van der Waals surface area contributed by atoms with Crippen molar-refractivity contribution in [2.24, 2.45) is 0 Å². The summed E-state index contributed by atoms with van der Waals surface area (Å²) in [6, 6.07) is 21.1. The Hall–Kier alpha value is -3.32. The molecule has 0 unspecified atom stereocenters. The van der Waals surface area contributed by atoms with Crippen LogP contribution in [0.5, 0.6) is 11.5 Å². The molecule has 1 aromatic heterocycles. The van der Waals surface area contributed by atoms with E-state index in [0.717, 1.165) is 11.3 Å². The smallest absolute Gasteiger partial charge is 0.269 e. The maximum atomic E-state index is 13.5. The Bertz CT molecular complexity index is 1240.